The third-order valence-corrected chi connectivity index (χ3v) is 5.83. The first-order chi connectivity index (χ1) is 14.0. The minimum atomic E-state index is -4.71. The number of halogens is 6. The molecule has 1 aliphatic rings. The average molecular weight is 465 g/mol. The number of amides is 1. The van der Waals surface area contributed by atoms with E-state index in [9.17, 15) is 27.5 Å². The third-order valence-electron chi connectivity index (χ3n) is 5.19. The number of nitrogens with one attached hydrogen (secondary N) is 1. The van der Waals surface area contributed by atoms with Gasteiger partial charge in [-0.1, -0.05) is 41.4 Å². The number of aromatic nitrogens is 1. The minimum Gasteiger partial charge on any atom is -0.387 e. The molecule has 3 rings (SSSR count). The van der Waals surface area contributed by atoms with E-state index < -0.39 is 40.7 Å². The Morgan fingerprint density at radius 3 is 2.37 bits per heavy atom. The van der Waals surface area contributed by atoms with Crippen molar-refractivity contribution in [3.63, 3.8) is 0 Å². The second-order valence-corrected chi connectivity index (χ2v) is 8.00. The maximum absolute atomic E-state index is 13.6. The highest BCUT2D eigenvalue weighted by Crippen LogP contribution is 2.41. The van der Waals surface area contributed by atoms with Crippen molar-refractivity contribution in [2.24, 2.45) is 0 Å². The van der Waals surface area contributed by atoms with Crippen LogP contribution >= 0.6 is 23.2 Å². The van der Waals surface area contributed by atoms with Crippen molar-refractivity contribution in [2.45, 2.75) is 49.7 Å². The Morgan fingerprint density at radius 2 is 1.80 bits per heavy atom. The van der Waals surface area contributed by atoms with Gasteiger partial charge in [0.15, 0.2) is 0 Å². The van der Waals surface area contributed by atoms with Crippen molar-refractivity contribution in [2.75, 3.05) is 0 Å². The molecule has 0 saturated heterocycles. The molecular formula is C20H18Cl2F4N2O2. The van der Waals surface area contributed by atoms with E-state index in [-0.39, 0.29) is 36.3 Å². The van der Waals surface area contributed by atoms with E-state index >= 15 is 0 Å². The number of aliphatic hydroxyl groups is 1. The first kappa shape index (κ1) is 22.8. The van der Waals surface area contributed by atoms with Crippen LogP contribution in [0.15, 0.2) is 36.4 Å². The number of pyridine rings is 1. The maximum atomic E-state index is 13.6. The van der Waals surface area contributed by atoms with Crippen LogP contribution < -0.4 is 5.32 Å². The lowest BCUT2D eigenvalue weighted by Gasteiger charge is -2.41. The first-order valence-corrected chi connectivity index (χ1v) is 9.92. The zero-order valence-electron chi connectivity index (χ0n) is 15.5. The summed E-state index contributed by atoms with van der Waals surface area (Å²) >= 11 is 12.1. The average Bonchev–Trinajstić information content (AvgIpc) is 2.68. The molecule has 0 spiro atoms. The van der Waals surface area contributed by atoms with Gasteiger partial charge in [-0.2, -0.15) is 13.2 Å². The van der Waals surface area contributed by atoms with Crippen LogP contribution in [0.3, 0.4) is 0 Å². The Morgan fingerprint density at radius 1 is 1.17 bits per heavy atom. The van der Waals surface area contributed by atoms with Crippen LogP contribution in [-0.4, -0.2) is 27.8 Å². The van der Waals surface area contributed by atoms with E-state index in [0.717, 1.165) is 6.07 Å². The number of hydrogen-bond acceptors (Lipinski definition) is 3. The summed E-state index contributed by atoms with van der Waals surface area (Å²) in [7, 11) is 0. The van der Waals surface area contributed by atoms with Gasteiger partial charge < -0.3 is 10.4 Å². The Labute approximate surface area is 180 Å². The van der Waals surface area contributed by atoms with E-state index in [4.69, 9.17) is 23.2 Å². The van der Waals surface area contributed by atoms with Crippen molar-refractivity contribution < 1.29 is 27.5 Å². The number of alkyl halides is 4. The minimum absolute atomic E-state index is 0.0727. The SMILES string of the molecule is O=C(NC(c1ccccc1Cl)[C@]1(O)CC[C@H](F)CC1)c1ccc(C(F)(F)F)nc1Cl. The molecule has 2 N–H and O–H groups in total. The van der Waals surface area contributed by atoms with E-state index in [1.807, 2.05) is 0 Å². The molecule has 1 amide bonds. The van der Waals surface area contributed by atoms with Gasteiger partial charge >= 0.3 is 6.18 Å². The highest BCUT2D eigenvalue weighted by Gasteiger charge is 2.43. The fraction of sp³-hybridized carbons (Fsp3) is 0.400. The van der Waals surface area contributed by atoms with Crippen molar-refractivity contribution >= 4 is 29.1 Å². The van der Waals surface area contributed by atoms with Gasteiger partial charge in [0.25, 0.3) is 5.91 Å². The van der Waals surface area contributed by atoms with Crippen molar-refractivity contribution in [3.8, 4) is 0 Å². The summed E-state index contributed by atoms with van der Waals surface area (Å²) in [6.07, 6.45) is -5.40. The molecule has 1 unspecified atom stereocenters. The predicted molar refractivity (Wildman–Crippen MR) is 104 cm³/mol. The second-order valence-electron chi connectivity index (χ2n) is 7.24. The normalized spacial score (nSPS) is 23.1. The van der Waals surface area contributed by atoms with E-state index in [1.54, 1.807) is 24.3 Å². The van der Waals surface area contributed by atoms with Gasteiger partial charge in [-0.25, -0.2) is 9.37 Å². The molecule has 0 aliphatic heterocycles. The number of nitrogens with zero attached hydrogens (tertiary/aromatic N) is 1. The fourth-order valence-corrected chi connectivity index (χ4v) is 4.04. The lowest BCUT2D eigenvalue weighted by molar-refractivity contribution is -0.141. The molecule has 0 bridgehead atoms. The van der Waals surface area contributed by atoms with Gasteiger partial charge in [-0.05, 0) is 49.4 Å². The molecule has 0 radical (unpaired) electrons. The first-order valence-electron chi connectivity index (χ1n) is 9.17. The van der Waals surface area contributed by atoms with Crippen LogP contribution in [0.1, 0.15) is 53.3 Å². The predicted octanol–water partition coefficient (Wildman–Crippen LogP) is 5.52. The van der Waals surface area contributed by atoms with Crippen molar-refractivity contribution in [1.82, 2.24) is 10.3 Å². The molecule has 1 aromatic heterocycles. The van der Waals surface area contributed by atoms with Crippen LogP contribution in [0.5, 0.6) is 0 Å². The molecule has 1 saturated carbocycles. The molecule has 4 nitrogen and oxygen atoms in total. The van der Waals surface area contributed by atoms with Gasteiger partial charge in [0.1, 0.15) is 17.0 Å². The van der Waals surface area contributed by atoms with Gasteiger partial charge in [0, 0.05) is 5.02 Å². The Hall–Kier alpha value is -1.90. The standard InChI is InChI=1S/C20H18Cl2F4N2O2/c21-14-4-2-1-3-12(14)16(19(30)9-7-11(23)8-10-19)28-18(29)13-5-6-15(20(24,25)26)27-17(13)22/h1-6,11,16,30H,7-10H2,(H,28,29)/t11-,16?,19-. The summed E-state index contributed by atoms with van der Waals surface area (Å²) < 4.78 is 52.0. The topological polar surface area (TPSA) is 62.2 Å². The number of rotatable bonds is 4. The Kier molecular flexibility index (Phi) is 6.60. The summed E-state index contributed by atoms with van der Waals surface area (Å²) in [5.41, 5.74) is -2.60. The van der Waals surface area contributed by atoms with Crippen LogP contribution in [0.25, 0.3) is 0 Å². The molecule has 1 fully saturated rings. The third kappa shape index (κ3) is 4.87. The molecule has 1 heterocycles. The molecule has 30 heavy (non-hydrogen) atoms. The quantitative estimate of drug-likeness (QED) is 0.462. The summed E-state index contributed by atoms with van der Waals surface area (Å²) in [6, 6.07) is 7.06. The van der Waals surface area contributed by atoms with Gasteiger partial charge in [0.2, 0.25) is 0 Å². The summed E-state index contributed by atoms with van der Waals surface area (Å²) in [5.74, 6) is -0.832. The molecule has 1 atom stereocenters. The highest BCUT2D eigenvalue weighted by molar-refractivity contribution is 6.32. The highest BCUT2D eigenvalue weighted by atomic mass is 35.5. The zero-order chi connectivity index (χ0) is 22.1. The molecule has 1 aromatic carbocycles. The molecular weight excluding hydrogens is 447 g/mol. The van der Waals surface area contributed by atoms with E-state index in [0.29, 0.717) is 11.6 Å². The van der Waals surface area contributed by atoms with Crippen LogP contribution in [0.2, 0.25) is 10.2 Å². The van der Waals surface area contributed by atoms with Crippen molar-refractivity contribution in [3.05, 3.63) is 63.4 Å². The fourth-order valence-electron chi connectivity index (χ4n) is 3.55. The van der Waals surface area contributed by atoms with Crippen LogP contribution in [0.4, 0.5) is 17.6 Å². The second kappa shape index (κ2) is 8.69. The monoisotopic (exact) mass is 464 g/mol. The van der Waals surface area contributed by atoms with Gasteiger partial charge in [-0.15, -0.1) is 0 Å². The number of carbonyl (C=O) groups excluding carboxylic acids is 1. The lowest BCUT2D eigenvalue weighted by atomic mass is 9.76. The molecule has 10 heteroatoms. The Balaban J connectivity index is 1.94. The maximum Gasteiger partial charge on any atom is 0.433 e. The summed E-state index contributed by atoms with van der Waals surface area (Å²) in [6.45, 7) is 0. The van der Waals surface area contributed by atoms with Crippen LogP contribution in [-0.2, 0) is 6.18 Å². The largest absolute Gasteiger partial charge is 0.433 e. The lowest BCUT2D eigenvalue weighted by Crippen LogP contribution is -2.48. The Bertz CT molecular complexity index is 931. The van der Waals surface area contributed by atoms with Gasteiger partial charge in [-0.3, -0.25) is 4.79 Å². The number of hydrogen-bond donors (Lipinski definition) is 2. The van der Waals surface area contributed by atoms with Crippen molar-refractivity contribution in [1.29, 1.82) is 0 Å². The zero-order valence-corrected chi connectivity index (χ0v) is 17.0. The van der Waals surface area contributed by atoms with E-state index in [2.05, 4.69) is 10.3 Å². The number of carbonyl (C=O) groups is 1. The molecule has 2 aromatic rings. The number of benzene rings is 1. The van der Waals surface area contributed by atoms with Crippen LogP contribution in [0, 0.1) is 0 Å². The summed E-state index contributed by atoms with van der Waals surface area (Å²) in [4.78, 5) is 16.1. The van der Waals surface area contributed by atoms with E-state index in [1.165, 1.54) is 0 Å². The molecule has 162 valence electrons. The van der Waals surface area contributed by atoms with Gasteiger partial charge in [0.05, 0.1) is 17.2 Å². The molecule has 1 aliphatic carbocycles. The smallest absolute Gasteiger partial charge is 0.387 e. The summed E-state index contributed by atoms with van der Waals surface area (Å²) in [5, 5.41) is 13.5.